The molecule has 2 aliphatic rings. The third-order valence-corrected chi connectivity index (χ3v) is 7.60. The Balaban J connectivity index is 1.50. The molecule has 4 aromatic rings. The van der Waals surface area contributed by atoms with Gasteiger partial charge in [-0.1, -0.05) is 0 Å². The quantitative estimate of drug-likeness (QED) is 0.467. The molecular weight excluding hydrogens is 452 g/mol. The second-order valence-corrected chi connectivity index (χ2v) is 10.2. The van der Waals surface area contributed by atoms with Gasteiger partial charge in [0.1, 0.15) is 11.5 Å². The fourth-order valence-electron chi connectivity index (χ4n) is 5.78. The monoisotopic (exact) mass is 486 g/mol. The summed E-state index contributed by atoms with van der Waals surface area (Å²) in [5, 5.41) is 6.05. The maximum absolute atomic E-state index is 5.71. The summed E-state index contributed by atoms with van der Waals surface area (Å²) < 4.78 is 7.95. The van der Waals surface area contributed by atoms with Crippen LogP contribution in [0.3, 0.4) is 0 Å². The maximum Gasteiger partial charge on any atom is 0.162 e. The molecule has 1 N–H and O–H groups in total. The zero-order valence-corrected chi connectivity index (χ0v) is 21.5. The first kappa shape index (κ1) is 23.1. The molecule has 2 atom stereocenters. The number of H-pyrrole nitrogens is 1. The number of likely N-dealkylation sites (N-methyl/N-ethyl adjacent to an activating group) is 1. The average Bonchev–Trinajstić information content (AvgIpc) is 3.48. The number of rotatable bonds is 4. The highest BCUT2D eigenvalue weighted by Gasteiger charge is 2.27. The van der Waals surface area contributed by atoms with Crippen LogP contribution in [0.5, 0.6) is 0 Å². The van der Waals surface area contributed by atoms with Crippen LogP contribution in [0.15, 0.2) is 30.6 Å². The minimum atomic E-state index is 0.238. The average molecular weight is 487 g/mol. The van der Waals surface area contributed by atoms with Crippen LogP contribution in [0, 0.1) is 13.8 Å². The zero-order valence-electron chi connectivity index (χ0n) is 21.5. The molecule has 0 aliphatic carbocycles. The lowest BCUT2D eigenvalue weighted by Gasteiger charge is -2.34. The van der Waals surface area contributed by atoms with Gasteiger partial charge in [-0.2, -0.15) is 5.10 Å². The van der Waals surface area contributed by atoms with Crippen molar-refractivity contribution in [3.63, 3.8) is 0 Å². The molecule has 0 radical (unpaired) electrons. The maximum atomic E-state index is 5.71. The van der Waals surface area contributed by atoms with E-state index >= 15 is 0 Å². The van der Waals surface area contributed by atoms with Crippen LogP contribution < -0.4 is 4.90 Å². The number of morpholine rings is 1. The number of nitrogens with zero attached hydrogens (tertiary/aromatic N) is 7. The normalized spacial score (nSPS) is 21.4. The number of aromatic amines is 1. The third-order valence-electron chi connectivity index (χ3n) is 7.60. The van der Waals surface area contributed by atoms with Crippen LogP contribution in [-0.2, 0) is 4.74 Å². The molecule has 9 nitrogen and oxygen atoms in total. The number of hydrogen-bond acceptors (Lipinski definition) is 7. The van der Waals surface area contributed by atoms with Crippen molar-refractivity contribution in [2.75, 3.05) is 44.8 Å². The fourth-order valence-corrected chi connectivity index (χ4v) is 5.78. The minimum absolute atomic E-state index is 0.238. The van der Waals surface area contributed by atoms with Crippen molar-refractivity contribution in [2.45, 2.75) is 45.7 Å². The Labute approximate surface area is 211 Å². The molecule has 1 unspecified atom stereocenters. The van der Waals surface area contributed by atoms with Gasteiger partial charge >= 0.3 is 0 Å². The molecule has 0 amide bonds. The van der Waals surface area contributed by atoms with Crippen molar-refractivity contribution >= 4 is 16.9 Å². The second kappa shape index (κ2) is 9.29. The number of pyridine rings is 1. The van der Waals surface area contributed by atoms with Gasteiger partial charge in [-0.05, 0) is 59.3 Å². The molecule has 4 aromatic heterocycles. The Bertz CT molecular complexity index is 1390. The molecule has 9 heteroatoms. The molecule has 6 heterocycles. The molecular formula is C27H34N8O. The van der Waals surface area contributed by atoms with Gasteiger partial charge in [0.15, 0.2) is 5.82 Å². The van der Waals surface area contributed by atoms with E-state index in [1.165, 1.54) is 12.1 Å². The van der Waals surface area contributed by atoms with Gasteiger partial charge in [0.2, 0.25) is 0 Å². The van der Waals surface area contributed by atoms with Gasteiger partial charge in [-0.15, -0.1) is 0 Å². The van der Waals surface area contributed by atoms with E-state index in [4.69, 9.17) is 19.8 Å². The number of likely N-dealkylation sites (tertiary alicyclic amines) is 1. The van der Waals surface area contributed by atoms with Crippen LogP contribution >= 0.6 is 0 Å². The summed E-state index contributed by atoms with van der Waals surface area (Å²) in [6.07, 6.45) is 6.07. The molecule has 0 saturated carbocycles. The molecule has 0 aromatic carbocycles. The van der Waals surface area contributed by atoms with Crippen LogP contribution in [0.2, 0.25) is 0 Å². The molecule has 2 saturated heterocycles. The summed E-state index contributed by atoms with van der Waals surface area (Å²) in [7, 11) is 2.20. The van der Waals surface area contributed by atoms with E-state index in [0.29, 0.717) is 25.1 Å². The summed E-state index contributed by atoms with van der Waals surface area (Å²) in [5.74, 6) is 1.63. The van der Waals surface area contributed by atoms with Gasteiger partial charge in [0, 0.05) is 53.8 Å². The van der Waals surface area contributed by atoms with Crippen LogP contribution in [0.25, 0.3) is 33.7 Å². The highest BCUT2D eigenvalue weighted by atomic mass is 16.5. The van der Waals surface area contributed by atoms with Crippen molar-refractivity contribution in [2.24, 2.45) is 0 Å². The number of nitrogens with one attached hydrogen (secondary N) is 1. The number of piperidine rings is 1. The fraction of sp³-hybridized carbons (Fsp3) is 0.481. The number of ether oxygens (including phenoxy) is 1. The molecule has 36 heavy (non-hydrogen) atoms. The lowest BCUT2D eigenvalue weighted by atomic mass is 10.0. The number of aryl methyl sites for hydroxylation is 1. The first-order valence-corrected chi connectivity index (χ1v) is 12.9. The highest BCUT2D eigenvalue weighted by Crippen LogP contribution is 2.35. The van der Waals surface area contributed by atoms with Crippen molar-refractivity contribution in [3.8, 4) is 22.6 Å². The summed E-state index contributed by atoms with van der Waals surface area (Å²) >= 11 is 0. The largest absolute Gasteiger partial charge is 0.377 e. The van der Waals surface area contributed by atoms with E-state index in [2.05, 4.69) is 58.3 Å². The predicted molar refractivity (Wildman–Crippen MR) is 141 cm³/mol. The molecule has 188 valence electrons. The Morgan fingerprint density at radius 2 is 2.03 bits per heavy atom. The van der Waals surface area contributed by atoms with Gasteiger partial charge in [-0.3, -0.25) is 4.68 Å². The van der Waals surface area contributed by atoms with Crippen LogP contribution in [0.1, 0.15) is 37.2 Å². The zero-order chi connectivity index (χ0) is 24.8. The summed E-state index contributed by atoms with van der Waals surface area (Å²) in [4.78, 5) is 22.6. The Morgan fingerprint density at radius 1 is 1.14 bits per heavy atom. The summed E-state index contributed by atoms with van der Waals surface area (Å²) in [5.41, 5.74) is 6.01. The van der Waals surface area contributed by atoms with Crippen molar-refractivity contribution < 1.29 is 4.74 Å². The van der Waals surface area contributed by atoms with Crippen molar-refractivity contribution in [1.29, 1.82) is 0 Å². The van der Waals surface area contributed by atoms with E-state index < -0.39 is 0 Å². The molecule has 2 aliphatic heterocycles. The summed E-state index contributed by atoms with van der Waals surface area (Å²) in [6.45, 7) is 10.8. The highest BCUT2D eigenvalue weighted by molar-refractivity contribution is 5.91. The number of anilines is 1. The van der Waals surface area contributed by atoms with E-state index in [1.54, 1.807) is 0 Å². The van der Waals surface area contributed by atoms with E-state index in [9.17, 15) is 0 Å². The molecule has 0 bridgehead atoms. The number of aromatic nitrogens is 6. The van der Waals surface area contributed by atoms with Crippen LogP contribution in [0.4, 0.5) is 5.82 Å². The Morgan fingerprint density at radius 3 is 2.86 bits per heavy atom. The Kier molecular flexibility index (Phi) is 5.97. The standard InChI is InChI=1S/C27H34N8O/c1-17-16-36-13-12-34(17)24-14-23(30-27(31-24)22-8-10-29-26-21(22)7-9-28-26)25-18(2)32-35(19(25)3)20-6-5-11-33(4)15-20/h7-10,14,17,20H,5-6,11-13,15-16H2,1-4H3,(H,28,29)/t17-,20?/m1/s1. The molecule has 6 rings (SSSR count). The Hall–Kier alpha value is -3.30. The lowest BCUT2D eigenvalue weighted by Crippen LogP contribution is -2.44. The number of fused-ring (bicyclic) bond motifs is 1. The second-order valence-electron chi connectivity index (χ2n) is 10.2. The van der Waals surface area contributed by atoms with Crippen LogP contribution in [-0.4, -0.2) is 80.6 Å². The van der Waals surface area contributed by atoms with E-state index in [-0.39, 0.29) is 6.04 Å². The van der Waals surface area contributed by atoms with Gasteiger partial charge in [-0.25, -0.2) is 15.0 Å². The van der Waals surface area contributed by atoms with E-state index in [0.717, 1.165) is 65.4 Å². The lowest BCUT2D eigenvalue weighted by molar-refractivity contribution is 0.0985. The minimum Gasteiger partial charge on any atom is -0.377 e. The van der Waals surface area contributed by atoms with Gasteiger partial charge in [0.05, 0.1) is 36.7 Å². The summed E-state index contributed by atoms with van der Waals surface area (Å²) in [6, 6.07) is 6.80. The third kappa shape index (κ3) is 4.06. The van der Waals surface area contributed by atoms with Gasteiger partial charge in [0.25, 0.3) is 0 Å². The first-order valence-electron chi connectivity index (χ1n) is 12.9. The van der Waals surface area contributed by atoms with Gasteiger partial charge < -0.3 is 19.5 Å². The molecule has 0 spiro atoms. The van der Waals surface area contributed by atoms with Crippen molar-refractivity contribution in [1.82, 2.24) is 34.6 Å². The number of hydrogen-bond donors (Lipinski definition) is 1. The van der Waals surface area contributed by atoms with Crippen molar-refractivity contribution in [3.05, 3.63) is 42.0 Å². The SMILES string of the molecule is Cc1nn(C2CCCN(C)C2)c(C)c1-c1cc(N2CCOC[C@H]2C)nc(-c2ccnc3[nH]ccc23)n1. The van der Waals surface area contributed by atoms with E-state index in [1.807, 2.05) is 24.5 Å². The topological polar surface area (TPSA) is 88.0 Å². The predicted octanol–water partition coefficient (Wildman–Crippen LogP) is 3.99. The first-order chi connectivity index (χ1) is 17.5. The molecule has 2 fully saturated rings. The smallest absolute Gasteiger partial charge is 0.162 e.